The molecule has 0 radical (unpaired) electrons. The van der Waals surface area contributed by atoms with Gasteiger partial charge in [-0.25, -0.2) is 9.59 Å². The highest BCUT2D eigenvalue weighted by Gasteiger charge is 2.13. The number of terminal acetylenes is 1. The zero-order valence-corrected chi connectivity index (χ0v) is 13.1. The standard InChI is InChI=1S/C18H16N2O4/c1-3-12-23-17(21)19-14-8-7-11-16(13-14)24-18(22)20(2)15-9-5-4-6-10-15/h1,4-11,13H,12H2,2H3,(H,19,21). The Labute approximate surface area is 140 Å². The number of ether oxygens (including phenoxy) is 2. The minimum absolute atomic E-state index is 0.123. The normalized spacial score (nSPS) is 9.50. The van der Waals surface area contributed by atoms with Gasteiger partial charge >= 0.3 is 12.2 Å². The van der Waals surface area contributed by atoms with E-state index in [1.54, 1.807) is 37.4 Å². The van der Waals surface area contributed by atoms with Gasteiger partial charge in [-0.05, 0) is 24.3 Å². The van der Waals surface area contributed by atoms with E-state index in [4.69, 9.17) is 15.9 Å². The average molecular weight is 324 g/mol. The Morgan fingerprint density at radius 2 is 1.92 bits per heavy atom. The number of hydrogen-bond acceptors (Lipinski definition) is 4. The van der Waals surface area contributed by atoms with Gasteiger partial charge in [0.05, 0.1) is 0 Å². The maximum Gasteiger partial charge on any atom is 0.419 e. The van der Waals surface area contributed by atoms with Crippen LogP contribution < -0.4 is 15.0 Å². The monoisotopic (exact) mass is 324 g/mol. The van der Waals surface area contributed by atoms with Crippen LogP contribution in [0.2, 0.25) is 0 Å². The summed E-state index contributed by atoms with van der Waals surface area (Å²) in [6.45, 7) is -0.123. The minimum Gasteiger partial charge on any atom is -0.436 e. The number of nitrogens with zero attached hydrogens (tertiary/aromatic N) is 1. The number of amides is 2. The van der Waals surface area contributed by atoms with Gasteiger partial charge in [-0.1, -0.05) is 30.2 Å². The van der Waals surface area contributed by atoms with Gasteiger partial charge in [0, 0.05) is 24.5 Å². The first kappa shape index (κ1) is 16.9. The van der Waals surface area contributed by atoms with E-state index in [9.17, 15) is 9.59 Å². The second-order valence-corrected chi connectivity index (χ2v) is 4.70. The smallest absolute Gasteiger partial charge is 0.419 e. The van der Waals surface area contributed by atoms with Crippen molar-refractivity contribution in [3.8, 4) is 18.1 Å². The van der Waals surface area contributed by atoms with E-state index in [1.807, 2.05) is 18.2 Å². The molecule has 0 saturated carbocycles. The van der Waals surface area contributed by atoms with Crippen molar-refractivity contribution in [2.75, 3.05) is 23.9 Å². The van der Waals surface area contributed by atoms with Gasteiger partial charge in [-0.15, -0.1) is 6.42 Å². The summed E-state index contributed by atoms with van der Waals surface area (Å²) >= 11 is 0. The molecular weight excluding hydrogens is 308 g/mol. The fraction of sp³-hybridized carbons (Fsp3) is 0.111. The van der Waals surface area contributed by atoms with Gasteiger partial charge < -0.3 is 9.47 Å². The quantitative estimate of drug-likeness (QED) is 0.874. The SMILES string of the molecule is C#CCOC(=O)Nc1cccc(OC(=O)N(C)c2ccccc2)c1. The zero-order chi connectivity index (χ0) is 17.4. The van der Waals surface area contributed by atoms with E-state index in [-0.39, 0.29) is 12.4 Å². The maximum atomic E-state index is 12.2. The van der Waals surface area contributed by atoms with Crippen LogP contribution in [0.4, 0.5) is 21.0 Å². The Balaban J connectivity index is 2.00. The van der Waals surface area contributed by atoms with Crippen molar-refractivity contribution in [1.82, 2.24) is 0 Å². The summed E-state index contributed by atoms with van der Waals surface area (Å²) in [5.74, 6) is 2.48. The number of nitrogens with one attached hydrogen (secondary N) is 1. The summed E-state index contributed by atoms with van der Waals surface area (Å²) in [6, 6.07) is 15.5. The molecule has 0 heterocycles. The molecule has 0 atom stereocenters. The predicted molar refractivity (Wildman–Crippen MR) is 91.1 cm³/mol. The molecule has 2 aromatic carbocycles. The molecule has 0 fully saturated rings. The summed E-state index contributed by atoms with van der Waals surface area (Å²) < 4.78 is 10.0. The Morgan fingerprint density at radius 3 is 2.62 bits per heavy atom. The van der Waals surface area contributed by atoms with Crippen molar-refractivity contribution in [2.45, 2.75) is 0 Å². The van der Waals surface area contributed by atoms with Gasteiger partial charge in [-0.3, -0.25) is 10.2 Å². The largest absolute Gasteiger partial charge is 0.436 e. The van der Waals surface area contributed by atoms with Crippen LogP contribution in [0.1, 0.15) is 0 Å². The fourth-order valence-electron chi connectivity index (χ4n) is 1.82. The molecular formula is C18H16N2O4. The van der Waals surface area contributed by atoms with Crippen LogP contribution in [0.15, 0.2) is 54.6 Å². The van der Waals surface area contributed by atoms with Crippen LogP contribution in [0.3, 0.4) is 0 Å². The molecule has 0 bridgehead atoms. The second-order valence-electron chi connectivity index (χ2n) is 4.70. The summed E-state index contributed by atoms with van der Waals surface area (Å²) in [5, 5.41) is 2.49. The molecule has 6 nitrogen and oxygen atoms in total. The lowest BCUT2D eigenvalue weighted by molar-refractivity contribution is 0.176. The summed E-state index contributed by atoms with van der Waals surface area (Å²) in [6.07, 6.45) is 3.78. The third-order valence-electron chi connectivity index (χ3n) is 2.99. The Bertz CT molecular complexity index is 753. The molecule has 0 aromatic heterocycles. The Hall–Kier alpha value is -3.46. The number of hydrogen-bond donors (Lipinski definition) is 1. The van der Waals surface area contributed by atoms with Crippen molar-refractivity contribution in [1.29, 1.82) is 0 Å². The number of para-hydroxylation sites is 1. The third-order valence-corrected chi connectivity index (χ3v) is 2.99. The lowest BCUT2D eigenvalue weighted by Crippen LogP contribution is -2.29. The zero-order valence-electron chi connectivity index (χ0n) is 13.1. The van der Waals surface area contributed by atoms with Crippen LogP contribution in [0, 0.1) is 12.3 Å². The predicted octanol–water partition coefficient (Wildman–Crippen LogP) is 3.50. The van der Waals surface area contributed by atoms with Crippen molar-refractivity contribution >= 4 is 23.6 Å². The van der Waals surface area contributed by atoms with Crippen LogP contribution >= 0.6 is 0 Å². The van der Waals surface area contributed by atoms with Gasteiger partial charge in [0.25, 0.3) is 0 Å². The molecule has 6 heteroatoms. The topological polar surface area (TPSA) is 67.9 Å². The van der Waals surface area contributed by atoms with E-state index in [0.717, 1.165) is 0 Å². The first-order chi connectivity index (χ1) is 11.6. The Kier molecular flexibility index (Phi) is 5.81. The first-order valence-corrected chi connectivity index (χ1v) is 7.08. The van der Waals surface area contributed by atoms with Gasteiger partial charge in [0.1, 0.15) is 5.75 Å². The number of carbonyl (C=O) groups excluding carboxylic acids is 2. The molecule has 0 unspecified atom stereocenters. The Morgan fingerprint density at radius 1 is 1.17 bits per heavy atom. The molecule has 2 amide bonds. The van der Waals surface area contributed by atoms with Crippen molar-refractivity contribution in [3.63, 3.8) is 0 Å². The number of benzene rings is 2. The van der Waals surface area contributed by atoms with Crippen LogP contribution in [-0.4, -0.2) is 25.8 Å². The highest BCUT2D eigenvalue weighted by atomic mass is 16.6. The molecule has 2 rings (SSSR count). The van der Waals surface area contributed by atoms with Gasteiger partial charge in [0.15, 0.2) is 6.61 Å². The lowest BCUT2D eigenvalue weighted by Gasteiger charge is -2.17. The molecule has 0 aliphatic heterocycles. The molecule has 122 valence electrons. The molecule has 1 N–H and O–H groups in total. The third kappa shape index (κ3) is 4.78. The van der Waals surface area contributed by atoms with E-state index >= 15 is 0 Å². The van der Waals surface area contributed by atoms with Gasteiger partial charge in [0.2, 0.25) is 0 Å². The maximum absolute atomic E-state index is 12.2. The van der Waals surface area contributed by atoms with Crippen LogP contribution in [0.5, 0.6) is 5.75 Å². The molecule has 0 aliphatic carbocycles. The number of rotatable bonds is 4. The van der Waals surface area contributed by atoms with Crippen LogP contribution in [-0.2, 0) is 4.74 Å². The molecule has 0 spiro atoms. The van der Waals surface area contributed by atoms with Crippen LogP contribution in [0.25, 0.3) is 0 Å². The van der Waals surface area contributed by atoms with E-state index < -0.39 is 12.2 Å². The number of carbonyl (C=O) groups is 2. The van der Waals surface area contributed by atoms with E-state index in [2.05, 4.69) is 11.2 Å². The lowest BCUT2D eigenvalue weighted by atomic mass is 10.3. The highest BCUT2D eigenvalue weighted by molar-refractivity contribution is 5.89. The van der Waals surface area contributed by atoms with Gasteiger partial charge in [-0.2, -0.15) is 0 Å². The first-order valence-electron chi connectivity index (χ1n) is 7.08. The average Bonchev–Trinajstić information content (AvgIpc) is 2.60. The molecule has 2 aromatic rings. The molecule has 0 saturated heterocycles. The summed E-state index contributed by atoms with van der Waals surface area (Å²) in [7, 11) is 1.61. The molecule has 0 aliphatic rings. The van der Waals surface area contributed by atoms with Crippen molar-refractivity contribution in [2.24, 2.45) is 0 Å². The number of anilines is 2. The summed E-state index contributed by atoms with van der Waals surface area (Å²) in [5.41, 5.74) is 1.12. The minimum atomic E-state index is -0.683. The highest BCUT2D eigenvalue weighted by Crippen LogP contribution is 2.20. The molecule has 24 heavy (non-hydrogen) atoms. The fourth-order valence-corrected chi connectivity index (χ4v) is 1.82. The van der Waals surface area contributed by atoms with E-state index in [0.29, 0.717) is 11.4 Å². The summed E-state index contributed by atoms with van der Waals surface area (Å²) in [4.78, 5) is 25.0. The van der Waals surface area contributed by atoms with E-state index in [1.165, 1.54) is 11.0 Å². The van der Waals surface area contributed by atoms with Crippen molar-refractivity contribution < 1.29 is 19.1 Å². The second kappa shape index (κ2) is 8.25. The van der Waals surface area contributed by atoms with Crippen molar-refractivity contribution in [3.05, 3.63) is 54.6 Å².